The van der Waals surface area contributed by atoms with Crippen molar-refractivity contribution in [3.63, 3.8) is 0 Å². The van der Waals surface area contributed by atoms with Crippen molar-refractivity contribution in [1.82, 2.24) is 9.80 Å². The van der Waals surface area contributed by atoms with Gasteiger partial charge in [0.15, 0.2) is 0 Å². The predicted molar refractivity (Wildman–Crippen MR) is 87.7 cm³/mol. The number of furan rings is 1. The Balaban J connectivity index is 1.79. The van der Waals surface area contributed by atoms with Crippen LogP contribution < -0.4 is 0 Å². The molecule has 4 amide bonds. The molecule has 1 aliphatic rings. The average molecular weight is 356 g/mol. The minimum absolute atomic E-state index is 0.00530. The van der Waals surface area contributed by atoms with Crippen LogP contribution in [0.1, 0.15) is 27.4 Å². The average Bonchev–Trinajstić information content (AvgIpc) is 3.10. The van der Waals surface area contributed by atoms with Crippen molar-refractivity contribution in [2.45, 2.75) is 20.0 Å². The Morgan fingerprint density at radius 3 is 2.27 bits per heavy atom. The molecule has 0 spiro atoms. The summed E-state index contributed by atoms with van der Waals surface area (Å²) in [6.45, 7) is 1.33. The molecule has 0 aliphatic carbocycles. The molecule has 1 aromatic carbocycles. The van der Waals surface area contributed by atoms with Crippen LogP contribution in [0.3, 0.4) is 0 Å². The first-order chi connectivity index (χ1) is 12.4. The maximum Gasteiger partial charge on any atom is 0.341 e. The lowest BCUT2D eigenvalue weighted by atomic mass is 10.2. The zero-order valence-electron chi connectivity index (χ0n) is 14.2. The summed E-state index contributed by atoms with van der Waals surface area (Å²) in [5.41, 5.74) is 0.930. The van der Waals surface area contributed by atoms with Crippen LogP contribution in [-0.4, -0.2) is 40.7 Å². The SMILES string of the molecule is COC(=O)c1cc(CN2C(=O)C(=O)N(Cc3ccccc3)C2=O)oc1C. The largest absolute Gasteiger partial charge is 0.465 e. The molecule has 0 N–H and O–H groups in total. The van der Waals surface area contributed by atoms with Gasteiger partial charge in [0.05, 0.1) is 20.2 Å². The molecule has 2 aromatic rings. The van der Waals surface area contributed by atoms with Gasteiger partial charge in [-0.1, -0.05) is 30.3 Å². The molecule has 3 rings (SSSR count). The number of hydrogen-bond donors (Lipinski definition) is 0. The second-order valence-electron chi connectivity index (χ2n) is 5.72. The summed E-state index contributed by atoms with van der Waals surface area (Å²) in [5, 5.41) is 0. The Labute approximate surface area is 148 Å². The number of carbonyl (C=O) groups is 4. The quantitative estimate of drug-likeness (QED) is 0.461. The minimum atomic E-state index is -0.931. The van der Waals surface area contributed by atoms with E-state index >= 15 is 0 Å². The summed E-state index contributed by atoms with van der Waals surface area (Å²) in [4.78, 5) is 50.1. The van der Waals surface area contributed by atoms with Gasteiger partial charge in [-0.15, -0.1) is 0 Å². The highest BCUT2D eigenvalue weighted by Crippen LogP contribution is 2.22. The van der Waals surface area contributed by atoms with Crippen LogP contribution in [0.4, 0.5) is 4.79 Å². The maximum absolute atomic E-state index is 12.5. The van der Waals surface area contributed by atoms with Crippen molar-refractivity contribution in [1.29, 1.82) is 0 Å². The summed E-state index contributed by atoms with van der Waals surface area (Å²) < 4.78 is 10.0. The highest BCUT2D eigenvalue weighted by atomic mass is 16.5. The van der Waals surface area contributed by atoms with Gasteiger partial charge in [-0.2, -0.15) is 0 Å². The van der Waals surface area contributed by atoms with E-state index in [1.807, 2.05) is 6.07 Å². The number of rotatable bonds is 5. The summed E-state index contributed by atoms with van der Waals surface area (Å²) in [6.07, 6.45) is 0. The van der Waals surface area contributed by atoms with Gasteiger partial charge in [-0.3, -0.25) is 14.5 Å². The number of hydrogen-bond acceptors (Lipinski definition) is 6. The third-order valence-electron chi connectivity index (χ3n) is 4.01. The standard InChI is InChI=1S/C18H16N2O6/c1-11-14(17(23)25-2)8-13(26-11)10-20-16(22)15(21)19(18(20)24)9-12-6-4-3-5-7-12/h3-8H,9-10H2,1-2H3. The highest BCUT2D eigenvalue weighted by molar-refractivity contribution is 6.44. The van der Waals surface area contributed by atoms with E-state index in [0.717, 1.165) is 15.4 Å². The topological polar surface area (TPSA) is 97.1 Å². The zero-order chi connectivity index (χ0) is 18.8. The maximum atomic E-state index is 12.5. The van der Waals surface area contributed by atoms with Gasteiger partial charge in [0, 0.05) is 0 Å². The summed E-state index contributed by atoms with van der Waals surface area (Å²) >= 11 is 0. The summed E-state index contributed by atoms with van der Waals surface area (Å²) in [7, 11) is 1.24. The van der Waals surface area contributed by atoms with Crippen LogP contribution in [0.25, 0.3) is 0 Å². The van der Waals surface area contributed by atoms with Gasteiger partial charge in [0.2, 0.25) is 0 Å². The number of urea groups is 1. The molecule has 2 heterocycles. The zero-order valence-corrected chi connectivity index (χ0v) is 14.2. The summed E-state index contributed by atoms with van der Waals surface area (Å²) in [6, 6.07) is 9.55. The molecule has 1 aliphatic heterocycles. The molecule has 0 saturated carbocycles. The second-order valence-corrected chi connectivity index (χ2v) is 5.72. The number of methoxy groups -OCH3 is 1. The highest BCUT2D eigenvalue weighted by Gasteiger charge is 2.44. The van der Waals surface area contributed by atoms with Crippen molar-refractivity contribution in [2.75, 3.05) is 7.11 Å². The molecule has 0 radical (unpaired) electrons. The molecular weight excluding hydrogens is 340 g/mol. The van der Waals surface area contributed by atoms with E-state index in [1.165, 1.54) is 13.2 Å². The van der Waals surface area contributed by atoms with Gasteiger partial charge in [-0.05, 0) is 18.6 Å². The Morgan fingerprint density at radius 2 is 1.65 bits per heavy atom. The Morgan fingerprint density at radius 1 is 1.04 bits per heavy atom. The van der Waals surface area contributed by atoms with Crippen molar-refractivity contribution in [2.24, 2.45) is 0 Å². The fourth-order valence-electron chi connectivity index (χ4n) is 2.69. The number of carbonyl (C=O) groups excluding carboxylic acids is 4. The fraction of sp³-hybridized carbons (Fsp3) is 0.222. The molecular formula is C18H16N2O6. The van der Waals surface area contributed by atoms with Crippen molar-refractivity contribution in [3.05, 3.63) is 59.0 Å². The van der Waals surface area contributed by atoms with Gasteiger partial charge < -0.3 is 9.15 Å². The van der Waals surface area contributed by atoms with E-state index in [4.69, 9.17) is 4.42 Å². The normalized spacial score (nSPS) is 14.3. The fourth-order valence-corrected chi connectivity index (χ4v) is 2.69. The van der Waals surface area contributed by atoms with Crippen molar-refractivity contribution in [3.8, 4) is 0 Å². The van der Waals surface area contributed by atoms with Gasteiger partial charge in [0.25, 0.3) is 0 Å². The molecule has 1 saturated heterocycles. The number of nitrogens with zero attached hydrogens (tertiary/aromatic N) is 2. The van der Waals surface area contributed by atoms with Crippen LogP contribution in [0.5, 0.6) is 0 Å². The first-order valence-electron chi connectivity index (χ1n) is 7.81. The molecule has 0 bridgehead atoms. The van der Waals surface area contributed by atoms with E-state index in [-0.39, 0.29) is 24.4 Å². The molecule has 26 heavy (non-hydrogen) atoms. The molecule has 1 aromatic heterocycles. The predicted octanol–water partition coefficient (Wildman–Crippen LogP) is 1.87. The Hall–Kier alpha value is -3.42. The van der Waals surface area contributed by atoms with Crippen LogP contribution in [0, 0.1) is 6.92 Å². The smallest absolute Gasteiger partial charge is 0.341 e. The van der Waals surface area contributed by atoms with E-state index in [2.05, 4.69) is 4.74 Å². The lowest BCUT2D eigenvalue weighted by molar-refractivity contribution is -0.143. The molecule has 134 valence electrons. The number of aryl methyl sites for hydroxylation is 1. The van der Waals surface area contributed by atoms with Gasteiger partial charge in [0.1, 0.15) is 17.1 Å². The van der Waals surface area contributed by atoms with Crippen LogP contribution in [-0.2, 0) is 27.4 Å². The lowest BCUT2D eigenvalue weighted by Gasteiger charge is -2.14. The van der Waals surface area contributed by atoms with Crippen LogP contribution in [0.15, 0.2) is 40.8 Å². The van der Waals surface area contributed by atoms with E-state index in [1.54, 1.807) is 31.2 Å². The third-order valence-corrected chi connectivity index (χ3v) is 4.01. The monoisotopic (exact) mass is 356 g/mol. The van der Waals surface area contributed by atoms with E-state index in [0.29, 0.717) is 5.76 Å². The van der Waals surface area contributed by atoms with Crippen LogP contribution in [0.2, 0.25) is 0 Å². The molecule has 8 heteroatoms. The van der Waals surface area contributed by atoms with Gasteiger partial charge in [-0.25, -0.2) is 14.5 Å². The Bertz CT molecular complexity index is 886. The second kappa shape index (κ2) is 6.83. The minimum Gasteiger partial charge on any atom is -0.465 e. The van der Waals surface area contributed by atoms with Crippen molar-refractivity contribution >= 4 is 23.8 Å². The van der Waals surface area contributed by atoms with Crippen LogP contribution >= 0.6 is 0 Å². The van der Waals surface area contributed by atoms with E-state index < -0.39 is 23.8 Å². The molecule has 0 unspecified atom stereocenters. The Kier molecular flexibility index (Phi) is 4.57. The third kappa shape index (κ3) is 3.08. The first-order valence-corrected chi connectivity index (χ1v) is 7.81. The number of amides is 4. The first kappa shape index (κ1) is 17.4. The number of esters is 1. The molecule has 0 atom stereocenters. The van der Waals surface area contributed by atoms with E-state index in [9.17, 15) is 19.2 Å². The number of ether oxygens (including phenoxy) is 1. The van der Waals surface area contributed by atoms with Gasteiger partial charge >= 0.3 is 23.8 Å². The lowest BCUT2D eigenvalue weighted by Crippen LogP contribution is -2.32. The molecule has 8 nitrogen and oxygen atoms in total. The number of imide groups is 2. The molecule has 1 fully saturated rings. The number of benzene rings is 1. The van der Waals surface area contributed by atoms with Crippen molar-refractivity contribution < 1.29 is 28.3 Å². The summed E-state index contributed by atoms with van der Waals surface area (Å²) in [5.74, 6) is -1.90.